The summed E-state index contributed by atoms with van der Waals surface area (Å²) >= 11 is 4.32. The van der Waals surface area contributed by atoms with E-state index in [1.165, 1.54) is 11.1 Å². The van der Waals surface area contributed by atoms with Crippen molar-refractivity contribution in [2.75, 3.05) is 0 Å². The van der Waals surface area contributed by atoms with Crippen LogP contribution in [0, 0.1) is 0 Å². The number of carbonyl (C=O) groups excluding carboxylic acids is 1. The van der Waals surface area contributed by atoms with E-state index >= 15 is 0 Å². The maximum absolute atomic E-state index is 8.57. The Morgan fingerprint density at radius 3 is 2.20 bits per heavy atom. The third-order valence-electron chi connectivity index (χ3n) is 2.78. The SMILES string of the molecule is CC(C)c1ccccc1OCc1ccccc1.O=CCl. The minimum Gasteiger partial charge on any atom is -0.489 e. The van der Waals surface area contributed by atoms with Crippen LogP contribution in [0.1, 0.15) is 30.9 Å². The lowest BCUT2D eigenvalue weighted by molar-refractivity contribution is 0.302. The zero-order valence-corrected chi connectivity index (χ0v) is 12.5. The van der Waals surface area contributed by atoms with Crippen molar-refractivity contribution in [3.8, 4) is 5.75 Å². The van der Waals surface area contributed by atoms with E-state index in [2.05, 4.69) is 49.7 Å². The fraction of sp³-hybridized carbons (Fsp3) is 0.235. The molecule has 106 valence electrons. The highest BCUT2D eigenvalue weighted by Crippen LogP contribution is 2.26. The van der Waals surface area contributed by atoms with Gasteiger partial charge in [-0.05, 0) is 34.7 Å². The van der Waals surface area contributed by atoms with Gasteiger partial charge < -0.3 is 4.74 Å². The summed E-state index contributed by atoms with van der Waals surface area (Å²) in [6, 6.07) is 18.5. The molecule has 20 heavy (non-hydrogen) atoms. The molecule has 0 saturated heterocycles. The summed E-state index contributed by atoms with van der Waals surface area (Å²) in [6.45, 7) is 5.00. The zero-order chi connectivity index (χ0) is 14.8. The Kier molecular flexibility index (Phi) is 7.44. The summed E-state index contributed by atoms with van der Waals surface area (Å²) in [7, 11) is 0. The van der Waals surface area contributed by atoms with Crippen LogP contribution in [-0.4, -0.2) is 5.75 Å². The normalized spacial score (nSPS) is 9.60. The Balaban J connectivity index is 0.000000612. The van der Waals surface area contributed by atoms with Crippen LogP contribution in [0.4, 0.5) is 0 Å². The molecule has 0 aliphatic carbocycles. The van der Waals surface area contributed by atoms with Crippen molar-refractivity contribution in [2.45, 2.75) is 26.4 Å². The van der Waals surface area contributed by atoms with Crippen molar-refractivity contribution >= 4 is 17.3 Å². The first-order valence-corrected chi connectivity index (χ1v) is 6.92. The Morgan fingerprint density at radius 2 is 1.60 bits per heavy atom. The maximum atomic E-state index is 8.57. The number of carbonyl (C=O) groups is 1. The van der Waals surface area contributed by atoms with Crippen LogP contribution in [0.15, 0.2) is 54.6 Å². The van der Waals surface area contributed by atoms with Gasteiger partial charge in [0.1, 0.15) is 12.4 Å². The van der Waals surface area contributed by atoms with E-state index in [4.69, 9.17) is 9.53 Å². The summed E-state index contributed by atoms with van der Waals surface area (Å²) in [6.07, 6.45) is 0. The number of para-hydroxylation sites is 1. The molecule has 0 unspecified atom stereocenters. The molecule has 0 fully saturated rings. The van der Waals surface area contributed by atoms with Gasteiger partial charge in [-0.3, -0.25) is 4.79 Å². The van der Waals surface area contributed by atoms with Gasteiger partial charge in [-0.2, -0.15) is 0 Å². The molecule has 2 rings (SSSR count). The van der Waals surface area contributed by atoms with E-state index in [0.717, 1.165) is 5.75 Å². The summed E-state index contributed by atoms with van der Waals surface area (Å²) in [5.41, 5.74) is 2.47. The Bertz CT molecular complexity index is 509. The lowest BCUT2D eigenvalue weighted by Gasteiger charge is -2.13. The van der Waals surface area contributed by atoms with Gasteiger partial charge in [-0.15, -0.1) is 0 Å². The third-order valence-corrected chi connectivity index (χ3v) is 2.78. The third kappa shape index (κ3) is 5.45. The second-order valence-electron chi connectivity index (χ2n) is 4.56. The largest absolute Gasteiger partial charge is 0.489 e. The summed E-state index contributed by atoms with van der Waals surface area (Å²) in [5.74, 6) is 1.70. The molecule has 0 bridgehead atoms. The highest BCUT2D eigenvalue weighted by Gasteiger charge is 2.06. The molecule has 0 amide bonds. The molecular weight excluding hydrogens is 272 g/mol. The topological polar surface area (TPSA) is 26.3 Å². The van der Waals surface area contributed by atoms with E-state index in [-0.39, 0.29) is 5.75 Å². The van der Waals surface area contributed by atoms with Crippen LogP contribution in [0.3, 0.4) is 0 Å². The predicted molar refractivity (Wildman–Crippen MR) is 83.9 cm³/mol. The van der Waals surface area contributed by atoms with E-state index in [1.807, 2.05) is 30.3 Å². The Hall–Kier alpha value is -1.80. The summed E-state index contributed by atoms with van der Waals surface area (Å²) < 4.78 is 5.88. The van der Waals surface area contributed by atoms with Crippen molar-refractivity contribution in [1.29, 1.82) is 0 Å². The first kappa shape index (κ1) is 16.3. The molecular formula is C17H19ClO2. The van der Waals surface area contributed by atoms with Crippen LogP contribution in [0.25, 0.3) is 0 Å². The molecule has 0 aliphatic heterocycles. The smallest absolute Gasteiger partial charge is 0.208 e. The van der Waals surface area contributed by atoms with Crippen LogP contribution in [-0.2, 0) is 11.4 Å². The predicted octanol–water partition coefficient (Wildman–Crippen LogP) is 4.80. The molecule has 0 atom stereocenters. The highest BCUT2D eigenvalue weighted by molar-refractivity contribution is 6.54. The number of benzene rings is 2. The summed E-state index contributed by atoms with van der Waals surface area (Å²) in [4.78, 5) is 8.57. The average molecular weight is 291 g/mol. The van der Waals surface area contributed by atoms with Crippen LogP contribution < -0.4 is 4.74 Å². The molecule has 2 aromatic carbocycles. The summed E-state index contributed by atoms with van der Waals surface area (Å²) in [5, 5.41) is 0. The van der Waals surface area contributed by atoms with Gasteiger partial charge >= 0.3 is 0 Å². The van der Waals surface area contributed by atoms with Crippen LogP contribution in [0.5, 0.6) is 5.75 Å². The van der Waals surface area contributed by atoms with Crippen molar-refractivity contribution in [3.63, 3.8) is 0 Å². The second-order valence-corrected chi connectivity index (χ2v) is 4.73. The van der Waals surface area contributed by atoms with Gasteiger partial charge in [0, 0.05) is 0 Å². The van der Waals surface area contributed by atoms with Gasteiger partial charge in [0.05, 0.1) is 0 Å². The van der Waals surface area contributed by atoms with Crippen molar-refractivity contribution < 1.29 is 9.53 Å². The minimum absolute atomic E-state index is 0.222. The average Bonchev–Trinajstić information content (AvgIpc) is 2.47. The monoisotopic (exact) mass is 290 g/mol. The second kappa shape index (κ2) is 9.16. The lowest BCUT2D eigenvalue weighted by Crippen LogP contribution is -1.99. The number of hydrogen-bond donors (Lipinski definition) is 0. The molecule has 0 aromatic heterocycles. The quantitative estimate of drug-likeness (QED) is 0.597. The van der Waals surface area contributed by atoms with E-state index in [0.29, 0.717) is 12.5 Å². The Labute approximate surface area is 125 Å². The minimum atomic E-state index is 0.222. The van der Waals surface area contributed by atoms with Crippen molar-refractivity contribution in [1.82, 2.24) is 0 Å². The first-order valence-electron chi connectivity index (χ1n) is 6.48. The van der Waals surface area contributed by atoms with Crippen molar-refractivity contribution in [3.05, 3.63) is 65.7 Å². The first-order chi connectivity index (χ1) is 9.69. The number of rotatable bonds is 4. The van der Waals surface area contributed by atoms with Crippen molar-refractivity contribution in [2.24, 2.45) is 0 Å². The van der Waals surface area contributed by atoms with Gasteiger partial charge in [0.15, 0.2) is 0 Å². The van der Waals surface area contributed by atoms with E-state index < -0.39 is 0 Å². The molecule has 2 nitrogen and oxygen atoms in total. The van der Waals surface area contributed by atoms with Crippen LogP contribution in [0.2, 0.25) is 0 Å². The van der Waals surface area contributed by atoms with Gasteiger partial charge in [-0.25, -0.2) is 0 Å². The van der Waals surface area contributed by atoms with Gasteiger partial charge in [0.25, 0.3) is 0 Å². The number of ether oxygens (including phenoxy) is 1. The van der Waals surface area contributed by atoms with Gasteiger partial charge in [0.2, 0.25) is 5.75 Å². The Morgan fingerprint density at radius 1 is 1.05 bits per heavy atom. The maximum Gasteiger partial charge on any atom is 0.208 e. The number of halogens is 1. The van der Waals surface area contributed by atoms with Crippen LogP contribution >= 0.6 is 11.6 Å². The van der Waals surface area contributed by atoms with E-state index in [1.54, 1.807) is 0 Å². The molecule has 0 spiro atoms. The molecule has 0 saturated carbocycles. The molecule has 0 radical (unpaired) electrons. The lowest BCUT2D eigenvalue weighted by atomic mass is 10.0. The molecule has 0 aliphatic rings. The zero-order valence-electron chi connectivity index (χ0n) is 11.8. The number of hydrogen-bond acceptors (Lipinski definition) is 2. The van der Waals surface area contributed by atoms with E-state index in [9.17, 15) is 0 Å². The highest BCUT2D eigenvalue weighted by atomic mass is 35.5. The fourth-order valence-electron chi connectivity index (χ4n) is 1.82. The molecule has 0 N–H and O–H groups in total. The van der Waals surface area contributed by atoms with Gasteiger partial charge in [-0.1, -0.05) is 62.4 Å². The molecule has 0 heterocycles. The standard InChI is InChI=1S/C16H18O.CHClO/c1-13(2)15-10-6-7-11-16(15)17-12-14-8-4-3-5-9-14;2-1-3/h3-11,13H,12H2,1-2H3;1H. The fourth-order valence-corrected chi connectivity index (χ4v) is 1.82. The molecule has 2 aromatic rings. The molecule has 3 heteroatoms.